The number of nitrogens with zero attached hydrogens (tertiary/aromatic N) is 4. The summed E-state index contributed by atoms with van der Waals surface area (Å²) in [6.45, 7) is 0. The van der Waals surface area contributed by atoms with Crippen LogP contribution >= 0.6 is 0 Å². The fourth-order valence-corrected chi connectivity index (χ4v) is 1.92. The maximum atomic E-state index is 5.78. The number of nitrogens with two attached hydrogens (primary N) is 1. The van der Waals surface area contributed by atoms with E-state index in [0.717, 1.165) is 22.3 Å². The number of aromatic nitrogens is 4. The molecule has 0 spiro atoms. The van der Waals surface area contributed by atoms with E-state index < -0.39 is 0 Å². The Labute approximate surface area is 98.5 Å². The normalized spacial score (nSPS) is 11.2. The van der Waals surface area contributed by atoms with Gasteiger partial charge in [-0.25, -0.2) is 4.98 Å². The predicted molar refractivity (Wildman–Crippen MR) is 67.3 cm³/mol. The molecular weight excluding hydrogens is 214 g/mol. The van der Waals surface area contributed by atoms with E-state index in [9.17, 15) is 0 Å². The highest BCUT2D eigenvalue weighted by Gasteiger charge is 2.07. The van der Waals surface area contributed by atoms with Crippen molar-refractivity contribution in [1.82, 2.24) is 19.3 Å². The maximum Gasteiger partial charge on any atom is 0.121 e. The number of anilines is 1. The summed E-state index contributed by atoms with van der Waals surface area (Å²) < 4.78 is 3.66. The Bertz CT molecular complexity index is 673. The minimum Gasteiger partial charge on any atom is -0.384 e. The molecule has 2 aromatic heterocycles. The van der Waals surface area contributed by atoms with Crippen LogP contribution in [0.5, 0.6) is 0 Å². The molecule has 0 aliphatic rings. The lowest BCUT2D eigenvalue weighted by Crippen LogP contribution is -1.96. The Morgan fingerprint density at radius 3 is 2.71 bits per heavy atom. The summed E-state index contributed by atoms with van der Waals surface area (Å²) in [5.41, 5.74) is 9.76. The lowest BCUT2D eigenvalue weighted by molar-refractivity contribution is 0.782. The average Bonchev–Trinajstić information content (AvgIpc) is 2.84. The maximum absolute atomic E-state index is 5.78. The average molecular weight is 227 g/mol. The molecule has 2 N–H and O–H groups in total. The second-order valence-corrected chi connectivity index (χ2v) is 4.14. The molecule has 0 aliphatic heterocycles. The zero-order chi connectivity index (χ0) is 12.0. The summed E-state index contributed by atoms with van der Waals surface area (Å²) in [4.78, 5) is 4.33. The van der Waals surface area contributed by atoms with Gasteiger partial charge in [-0.05, 0) is 12.1 Å². The smallest absolute Gasteiger partial charge is 0.121 e. The lowest BCUT2D eigenvalue weighted by atomic mass is 10.1. The molecule has 5 nitrogen and oxygen atoms in total. The van der Waals surface area contributed by atoms with E-state index in [1.807, 2.05) is 42.9 Å². The fraction of sp³-hybridized carbons (Fsp3) is 0.167. The molecule has 0 unspecified atom stereocenters. The summed E-state index contributed by atoms with van der Waals surface area (Å²) in [5, 5.41) is 4.35. The molecule has 17 heavy (non-hydrogen) atoms. The highest BCUT2D eigenvalue weighted by molar-refractivity contribution is 5.81. The van der Waals surface area contributed by atoms with Gasteiger partial charge >= 0.3 is 0 Å². The van der Waals surface area contributed by atoms with Crippen molar-refractivity contribution >= 4 is 16.9 Å². The van der Waals surface area contributed by atoms with Gasteiger partial charge in [0.05, 0.1) is 23.1 Å². The van der Waals surface area contributed by atoms with E-state index >= 15 is 0 Å². The molecule has 5 heteroatoms. The van der Waals surface area contributed by atoms with Crippen molar-refractivity contribution < 1.29 is 0 Å². The highest BCUT2D eigenvalue weighted by Crippen LogP contribution is 2.23. The first-order chi connectivity index (χ1) is 8.15. The van der Waals surface area contributed by atoms with Gasteiger partial charge in [-0.2, -0.15) is 5.10 Å². The molecule has 0 amide bonds. The molecule has 0 fully saturated rings. The van der Waals surface area contributed by atoms with Gasteiger partial charge in [0.2, 0.25) is 0 Å². The second-order valence-electron chi connectivity index (χ2n) is 4.14. The number of fused-ring (bicyclic) bond motifs is 1. The van der Waals surface area contributed by atoms with Crippen LogP contribution in [0.3, 0.4) is 0 Å². The van der Waals surface area contributed by atoms with E-state index in [2.05, 4.69) is 10.1 Å². The topological polar surface area (TPSA) is 61.7 Å². The van der Waals surface area contributed by atoms with Gasteiger partial charge in [0, 0.05) is 25.7 Å². The van der Waals surface area contributed by atoms with Crippen molar-refractivity contribution in [2.45, 2.75) is 0 Å². The van der Waals surface area contributed by atoms with Gasteiger partial charge in [-0.1, -0.05) is 6.07 Å². The van der Waals surface area contributed by atoms with E-state index in [1.54, 1.807) is 11.0 Å². The van der Waals surface area contributed by atoms with E-state index in [-0.39, 0.29) is 0 Å². The van der Waals surface area contributed by atoms with Gasteiger partial charge in [0.25, 0.3) is 0 Å². The number of rotatable bonds is 1. The van der Waals surface area contributed by atoms with Crippen molar-refractivity contribution in [2.24, 2.45) is 14.1 Å². The Kier molecular flexibility index (Phi) is 1.95. The number of benzene rings is 1. The Balaban J connectivity index is 2.17. The zero-order valence-corrected chi connectivity index (χ0v) is 9.75. The third-order valence-electron chi connectivity index (χ3n) is 2.94. The molecule has 86 valence electrons. The van der Waals surface area contributed by atoms with Crippen LogP contribution in [0.25, 0.3) is 22.3 Å². The van der Waals surface area contributed by atoms with Gasteiger partial charge in [-0.15, -0.1) is 0 Å². The Morgan fingerprint density at radius 1 is 1.18 bits per heavy atom. The lowest BCUT2D eigenvalue weighted by Gasteiger charge is -1.98. The molecule has 0 saturated carbocycles. The molecule has 1 aromatic carbocycles. The third kappa shape index (κ3) is 1.47. The molecule has 3 rings (SSSR count). The van der Waals surface area contributed by atoms with Crippen molar-refractivity contribution in [3.8, 4) is 11.3 Å². The standard InChI is InChI=1S/C12H13N5/c1-16-7-14-10-5-8(3-4-11(10)16)9-6-12(13)17(2)15-9/h3-7H,13H2,1-2H3. The van der Waals surface area contributed by atoms with Crippen LogP contribution in [0.2, 0.25) is 0 Å². The van der Waals surface area contributed by atoms with Crippen LogP contribution < -0.4 is 5.73 Å². The van der Waals surface area contributed by atoms with Gasteiger partial charge in [0.1, 0.15) is 5.82 Å². The number of nitrogen functional groups attached to an aromatic ring is 1. The highest BCUT2D eigenvalue weighted by atomic mass is 15.3. The molecule has 0 atom stereocenters. The largest absolute Gasteiger partial charge is 0.384 e. The predicted octanol–water partition coefficient (Wildman–Crippen LogP) is 1.56. The summed E-state index contributed by atoms with van der Waals surface area (Å²) in [6, 6.07) is 7.97. The zero-order valence-electron chi connectivity index (χ0n) is 9.75. The van der Waals surface area contributed by atoms with Gasteiger partial charge < -0.3 is 10.3 Å². The van der Waals surface area contributed by atoms with Crippen LogP contribution in [0.15, 0.2) is 30.6 Å². The quantitative estimate of drug-likeness (QED) is 0.686. The number of imidazole rings is 1. The third-order valence-corrected chi connectivity index (χ3v) is 2.94. The first-order valence-corrected chi connectivity index (χ1v) is 5.36. The van der Waals surface area contributed by atoms with Crippen molar-refractivity contribution in [1.29, 1.82) is 0 Å². The van der Waals surface area contributed by atoms with E-state index in [1.165, 1.54) is 0 Å². The van der Waals surface area contributed by atoms with Gasteiger partial charge in [-0.3, -0.25) is 4.68 Å². The molecule has 0 aliphatic carbocycles. The Hall–Kier alpha value is -2.30. The molecule has 0 bridgehead atoms. The summed E-state index contributed by atoms with van der Waals surface area (Å²) in [5.74, 6) is 0.654. The fourth-order valence-electron chi connectivity index (χ4n) is 1.92. The molecular formula is C12H13N5. The summed E-state index contributed by atoms with van der Waals surface area (Å²) in [7, 11) is 3.81. The number of hydrogen-bond donors (Lipinski definition) is 1. The number of aryl methyl sites for hydroxylation is 2. The van der Waals surface area contributed by atoms with Crippen molar-refractivity contribution in [3.05, 3.63) is 30.6 Å². The summed E-state index contributed by atoms with van der Waals surface area (Å²) in [6.07, 6.45) is 1.81. The first-order valence-electron chi connectivity index (χ1n) is 5.36. The SMILES string of the molecule is Cn1nc(-c2ccc3c(c2)ncn3C)cc1N. The van der Waals surface area contributed by atoms with Crippen LogP contribution in [0.1, 0.15) is 0 Å². The van der Waals surface area contributed by atoms with Crippen LogP contribution in [-0.4, -0.2) is 19.3 Å². The van der Waals surface area contributed by atoms with Crippen molar-refractivity contribution in [3.63, 3.8) is 0 Å². The molecule has 0 saturated heterocycles. The minimum atomic E-state index is 0.654. The van der Waals surface area contributed by atoms with E-state index in [0.29, 0.717) is 5.82 Å². The summed E-state index contributed by atoms with van der Waals surface area (Å²) >= 11 is 0. The first kappa shape index (κ1) is 9.89. The van der Waals surface area contributed by atoms with Crippen LogP contribution in [0, 0.1) is 0 Å². The Morgan fingerprint density at radius 2 is 2.00 bits per heavy atom. The molecule has 2 heterocycles. The monoisotopic (exact) mass is 227 g/mol. The molecule has 3 aromatic rings. The van der Waals surface area contributed by atoms with Crippen molar-refractivity contribution in [2.75, 3.05) is 5.73 Å². The van der Waals surface area contributed by atoms with Crippen LogP contribution in [0.4, 0.5) is 5.82 Å². The van der Waals surface area contributed by atoms with Crippen LogP contribution in [-0.2, 0) is 14.1 Å². The minimum absolute atomic E-state index is 0.654. The van der Waals surface area contributed by atoms with Gasteiger partial charge in [0.15, 0.2) is 0 Å². The van der Waals surface area contributed by atoms with E-state index in [4.69, 9.17) is 5.73 Å². The molecule has 0 radical (unpaired) electrons. The second kappa shape index (κ2) is 3.35. The number of hydrogen-bond acceptors (Lipinski definition) is 3.